The number of aromatic amines is 1. The zero-order valence-corrected chi connectivity index (χ0v) is 12.0. The normalized spacial score (nSPS) is 14.4. The molecule has 0 aliphatic heterocycles. The lowest BCUT2D eigenvalue weighted by atomic mass is 10.2. The van der Waals surface area contributed by atoms with Gasteiger partial charge < -0.3 is 9.72 Å². The van der Waals surface area contributed by atoms with Crippen LogP contribution in [0.4, 0.5) is 0 Å². The van der Waals surface area contributed by atoms with E-state index in [9.17, 15) is 4.79 Å². The number of methoxy groups -OCH3 is 1. The number of nitrogens with zero attached hydrogens (tertiary/aromatic N) is 1. The fourth-order valence-corrected chi connectivity index (χ4v) is 2.50. The highest BCUT2D eigenvalue weighted by atomic mass is 79.9. The summed E-state index contributed by atoms with van der Waals surface area (Å²) in [5, 5.41) is 0. The molecule has 0 atom stereocenters. The highest BCUT2D eigenvalue weighted by Gasteiger charge is 2.29. The molecule has 98 valence electrons. The highest BCUT2D eigenvalue weighted by Crippen LogP contribution is 2.41. The molecule has 0 saturated heterocycles. The lowest BCUT2D eigenvalue weighted by Crippen LogP contribution is -2.13. The third kappa shape index (κ3) is 2.42. The summed E-state index contributed by atoms with van der Waals surface area (Å²) >= 11 is 3.32. The molecule has 1 aromatic heterocycles. The van der Waals surface area contributed by atoms with Crippen molar-refractivity contribution in [1.29, 1.82) is 0 Å². The van der Waals surface area contributed by atoms with Crippen molar-refractivity contribution in [2.45, 2.75) is 18.8 Å². The van der Waals surface area contributed by atoms with Gasteiger partial charge in [0.15, 0.2) is 0 Å². The predicted octanol–water partition coefficient (Wildman–Crippen LogP) is 3.09. The third-order valence-corrected chi connectivity index (χ3v) is 3.98. The van der Waals surface area contributed by atoms with Gasteiger partial charge in [-0.2, -0.15) is 0 Å². The molecule has 1 saturated carbocycles. The number of halogens is 1. The second-order valence-corrected chi connectivity index (χ2v) is 5.41. The van der Waals surface area contributed by atoms with Crippen LogP contribution in [0.5, 0.6) is 5.75 Å². The molecule has 1 heterocycles. The van der Waals surface area contributed by atoms with Gasteiger partial charge in [-0.3, -0.25) is 4.79 Å². The van der Waals surface area contributed by atoms with Gasteiger partial charge in [0.1, 0.15) is 16.0 Å². The van der Waals surface area contributed by atoms with Crippen LogP contribution >= 0.6 is 15.9 Å². The molecule has 0 radical (unpaired) electrons. The largest absolute Gasteiger partial charge is 0.497 e. The van der Waals surface area contributed by atoms with E-state index in [2.05, 4.69) is 25.9 Å². The van der Waals surface area contributed by atoms with E-state index in [0.29, 0.717) is 16.2 Å². The van der Waals surface area contributed by atoms with E-state index in [1.54, 1.807) is 7.11 Å². The van der Waals surface area contributed by atoms with E-state index in [1.807, 2.05) is 24.3 Å². The minimum absolute atomic E-state index is 0.122. The quantitative estimate of drug-likeness (QED) is 0.945. The van der Waals surface area contributed by atoms with E-state index in [4.69, 9.17) is 4.74 Å². The van der Waals surface area contributed by atoms with Crippen molar-refractivity contribution in [3.05, 3.63) is 44.8 Å². The Labute approximate surface area is 119 Å². The summed E-state index contributed by atoms with van der Waals surface area (Å²) in [5.74, 6) is 1.82. The van der Waals surface area contributed by atoms with Gasteiger partial charge in [0.25, 0.3) is 5.56 Å². The van der Waals surface area contributed by atoms with E-state index in [0.717, 1.165) is 29.8 Å². The van der Waals surface area contributed by atoms with Crippen LogP contribution in [-0.2, 0) is 0 Å². The van der Waals surface area contributed by atoms with Crippen LogP contribution in [0.25, 0.3) is 11.4 Å². The predicted molar refractivity (Wildman–Crippen MR) is 76.5 cm³/mol. The van der Waals surface area contributed by atoms with Gasteiger partial charge >= 0.3 is 0 Å². The van der Waals surface area contributed by atoms with Crippen LogP contribution in [0.15, 0.2) is 33.5 Å². The van der Waals surface area contributed by atoms with Gasteiger partial charge in [-0.25, -0.2) is 4.98 Å². The molecular formula is C14H13BrN2O2. The molecule has 1 aromatic carbocycles. The molecule has 2 aromatic rings. The van der Waals surface area contributed by atoms with Gasteiger partial charge in [0.05, 0.1) is 12.8 Å². The summed E-state index contributed by atoms with van der Waals surface area (Å²) in [6, 6.07) is 7.49. The standard InChI is InChI=1S/C14H13BrN2O2/c1-19-10-6-4-9(5-7-10)13-16-12(8-2-3-8)11(15)14(18)17-13/h4-8H,2-3H2,1H3,(H,16,17,18). The number of hydrogen-bond acceptors (Lipinski definition) is 3. The minimum Gasteiger partial charge on any atom is -0.497 e. The van der Waals surface area contributed by atoms with Crippen LogP contribution in [0.2, 0.25) is 0 Å². The van der Waals surface area contributed by atoms with Gasteiger partial charge in [0.2, 0.25) is 0 Å². The topological polar surface area (TPSA) is 55.0 Å². The minimum atomic E-state index is -0.122. The van der Waals surface area contributed by atoms with Crippen LogP contribution in [-0.4, -0.2) is 17.1 Å². The summed E-state index contributed by atoms with van der Waals surface area (Å²) in [5.41, 5.74) is 1.63. The zero-order chi connectivity index (χ0) is 13.4. The number of aromatic nitrogens is 2. The maximum absolute atomic E-state index is 11.9. The van der Waals surface area contributed by atoms with Gasteiger partial charge in [-0.05, 0) is 53.0 Å². The molecule has 1 fully saturated rings. The summed E-state index contributed by atoms with van der Waals surface area (Å²) in [6.45, 7) is 0. The summed E-state index contributed by atoms with van der Waals surface area (Å²) in [7, 11) is 1.62. The fourth-order valence-electron chi connectivity index (χ4n) is 1.99. The molecule has 4 nitrogen and oxygen atoms in total. The van der Waals surface area contributed by atoms with Crippen LogP contribution in [0, 0.1) is 0 Å². The summed E-state index contributed by atoms with van der Waals surface area (Å²) in [4.78, 5) is 19.3. The Balaban J connectivity index is 2.06. The van der Waals surface area contributed by atoms with Crippen molar-refractivity contribution < 1.29 is 4.74 Å². The zero-order valence-electron chi connectivity index (χ0n) is 10.4. The first-order chi connectivity index (χ1) is 9.19. The molecule has 1 aliphatic carbocycles. The first-order valence-electron chi connectivity index (χ1n) is 6.13. The Morgan fingerprint density at radius 3 is 2.58 bits per heavy atom. The van der Waals surface area contributed by atoms with Crippen molar-refractivity contribution in [2.24, 2.45) is 0 Å². The number of hydrogen-bond donors (Lipinski definition) is 1. The molecule has 1 N–H and O–H groups in total. The first kappa shape index (κ1) is 12.4. The highest BCUT2D eigenvalue weighted by molar-refractivity contribution is 9.10. The molecule has 1 aliphatic rings. The molecule has 19 heavy (non-hydrogen) atoms. The van der Waals surface area contributed by atoms with Crippen molar-refractivity contribution in [2.75, 3.05) is 7.11 Å². The molecule has 0 bridgehead atoms. The van der Waals surface area contributed by atoms with Crippen LogP contribution in [0.1, 0.15) is 24.5 Å². The number of ether oxygens (including phenoxy) is 1. The molecule has 0 spiro atoms. The number of rotatable bonds is 3. The van der Waals surface area contributed by atoms with E-state index < -0.39 is 0 Å². The van der Waals surface area contributed by atoms with Gasteiger partial charge in [-0.15, -0.1) is 0 Å². The lowest BCUT2D eigenvalue weighted by Gasteiger charge is -2.06. The maximum atomic E-state index is 11.9. The van der Waals surface area contributed by atoms with Crippen molar-refractivity contribution in [3.8, 4) is 17.1 Å². The summed E-state index contributed by atoms with van der Waals surface area (Å²) in [6.07, 6.45) is 2.22. The maximum Gasteiger partial charge on any atom is 0.265 e. The number of benzene rings is 1. The summed E-state index contributed by atoms with van der Waals surface area (Å²) < 4.78 is 5.68. The Hall–Kier alpha value is -1.62. The molecule has 5 heteroatoms. The van der Waals surface area contributed by atoms with E-state index >= 15 is 0 Å². The van der Waals surface area contributed by atoms with Crippen molar-refractivity contribution in [1.82, 2.24) is 9.97 Å². The lowest BCUT2D eigenvalue weighted by molar-refractivity contribution is 0.415. The van der Waals surface area contributed by atoms with Gasteiger partial charge in [0, 0.05) is 11.5 Å². The second kappa shape index (κ2) is 4.81. The smallest absolute Gasteiger partial charge is 0.265 e. The third-order valence-electron chi connectivity index (χ3n) is 3.22. The second-order valence-electron chi connectivity index (χ2n) is 4.62. The van der Waals surface area contributed by atoms with Crippen molar-refractivity contribution >= 4 is 15.9 Å². The van der Waals surface area contributed by atoms with Crippen molar-refractivity contribution in [3.63, 3.8) is 0 Å². The SMILES string of the molecule is COc1ccc(-c2nc(C3CC3)c(Br)c(=O)[nH]2)cc1. The van der Waals surface area contributed by atoms with E-state index in [1.165, 1.54) is 0 Å². The Bertz CT molecular complexity index is 660. The average molecular weight is 321 g/mol. The Kier molecular flexibility index (Phi) is 3.14. The Morgan fingerprint density at radius 2 is 2.00 bits per heavy atom. The van der Waals surface area contributed by atoms with E-state index in [-0.39, 0.29) is 5.56 Å². The number of H-pyrrole nitrogens is 1. The van der Waals surface area contributed by atoms with Crippen LogP contribution < -0.4 is 10.3 Å². The monoisotopic (exact) mass is 320 g/mol. The van der Waals surface area contributed by atoms with Crippen LogP contribution in [0.3, 0.4) is 0 Å². The Morgan fingerprint density at radius 1 is 1.32 bits per heavy atom. The first-order valence-corrected chi connectivity index (χ1v) is 6.92. The van der Waals surface area contributed by atoms with Gasteiger partial charge in [-0.1, -0.05) is 0 Å². The molecule has 0 unspecified atom stereocenters. The molecule has 3 rings (SSSR count). The average Bonchev–Trinajstić information content (AvgIpc) is 3.26. The number of nitrogens with one attached hydrogen (secondary N) is 1. The fraction of sp³-hybridized carbons (Fsp3) is 0.286. The molecular weight excluding hydrogens is 308 g/mol. The molecule has 0 amide bonds.